The van der Waals surface area contributed by atoms with E-state index in [1.807, 2.05) is 0 Å². The summed E-state index contributed by atoms with van der Waals surface area (Å²) >= 11 is 0. The van der Waals surface area contributed by atoms with Gasteiger partial charge in [0.25, 0.3) is 0 Å². The van der Waals surface area contributed by atoms with E-state index >= 15 is 0 Å². The third-order valence-electron chi connectivity index (χ3n) is 4.26. The summed E-state index contributed by atoms with van der Waals surface area (Å²) in [6.45, 7) is 6.31. The summed E-state index contributed by atoms with van der Waals surface area (Å²) in [5, 5.41) is 3.41. The van der Waals surface area contributed by atoms with Gasteiger partial charge in [-0.2, -0.15) is 0 Å². The van der Waals surface area contributed by atoms with E-state index in [2.05, 4.69) is 23.9 Å². The summed E-state index contributed by atoms with van der Waals surface area (Å²) in [5.41, 5.74) is 0. The molecule has 2 fully saturated rings. The van der Waals surface area contributed by atoms with Crippen LogP contribution in [0.3, 0.4) is 0 Å². The fraction of sp³-hybridized carbons (Fsp3) is 1.00. The van der Waals surface area contributed by atoms with Crippen molar-refractivity contribution in [1.82, 2.24) is 10.0 Å². The van der Waals surface area contributed by atoms with E-state index in [4.69, 9.17) is 0 Å². The first-order valence-corrected chi connectivity index (χ1v) is 8.82. The zero-order chi connectivity index (χ0) is 13.2. The lowest BCUT2D eigenvalue weighted by atomic mass is 9.79. The molecule has 3 atom stereocenters. The van der Waals surface area contributed by atoms with Gasteiger partial charge in [-0.1, -0.05) is 13.8 Å². The molecule has 1 aliphatic heterocycles. The van der Waals surface area contributed by atoms with Crippen LogP contribution < -0.4 is 10.0 Å². The molecule has 2 rings (SSSR count). The first kappa shape index (κ1) is 14.3. The molecule has 0 radical (unpaired) electrons. The molecule has 2 N–H and O–H groups in total. The van der Waals surface area contributed by atoms with Crippen LogP contribution in [-0.4, -0.2) is 33.3 Å². The van der Waals surface area contributed by atoms with Crippen LogP contribution in [0.25, 0.3) is 0 Å². The molecule has 1 aliphatic carbocycles. The van der Waals surface area contributed by atoms with Crippen molar-refractivity contribution in [3.63, 3.8) is 0 Å². The van der Waals surface area contributed by atoms with Crippen LogP contribution in [0.15, 0.2) is 0 Å². The molecule has 1 saturated heterocycles. The maximum atomic E-state index is 12.0. The number of rotatable bonds is 5. The lowest BCUT2D eigenvalue weighted by Crippen LogP contribution is -2.41. The Morgan fingerprint density at radius 2 is 1.94 bits per heavy atom. The van der Waals surface area contributed by atoms with Gasteiger partial charge in [-0.05, 0) is 56.5 Å². The molecule has 0 aromatic heterocycles. The van der Waals surface area contributed by atoms with E-state index in [-0.39, 0.29) is 11.8 Å². The van der Waals surface area contributed by atoms with Crippen LogP contribution in [0.4, 0.5) is 0 Å². The highest BCUT2D eigenvalue weighted by Crippen LogP contribution is 2.32. The first-order chi connectivity index (χ1) is 8.46. The normalized spacial score (nSPS) is 32.7. The van der Waals surface area contributed by atoms with Crippen molar-refractivity contribution in [2.45, 2.75) is 45.6 Å². The van der Waals surface area contributed by atoms with Crippen molar-refractivity contribution in [2.24, 2.45) is 17.8 Å². The Labute approximate surface area is 111 Å². The second-order valence-electron chi connectivity index (χ2n) is 6.31. The third kappa shape index (κ3) is 3.93. The minimum absolute atomic E-state index is 0.170. The van der Waals surface area contributed by atoms with Crippen molar-refractivity contribution >= 4 is 10.0 Å². The Balaban J connectivity index is 1.82. The second kappa shape index (κ2) is 5.88. The maximum Gasteiger partial charge on any atom is 0.211 e. The minimum Gasteiger partial charge on any atom is -0.316 e. The zero-order valence-electron chi connectivity index (χ0n) is 11.5. The quantitative estimate of drug-likeness (QED) is 0.795. The van der Waals surface area contributed by atoms with Crippen LogP contribution in [0, 0.1) is 17.8 Å². The third-order valence-corrected chi connectivity index (χ3v) is 5.73. The predicted molar refractivity (Wildman–Crippen MR) is 73.9 cm³/mol. The summed E-state index contributed by atoms with van der Waals surface area (Å²) < 4.78 is 26.8. The van der Waals surface area contributed by atoms with Gasteiger partial charge >= 0.3 is 0 Å². The van der Waals surface area contributed by atoms with Crippen LogP contribution in [0.5, 0.6) is 0 Å². The first-order valence-electron chi connectivity index (χ1n) is 7.17. The fourth-order valence-electron chi connectivity index (χ4n) is 3.11. The topological polar surface area (TPSA) is 58.2 Å². The van der Waals surface area contributed by atoms with Gasteiger partial charge in [-0.15, -0.1) is 0 Å². The molecule has 1 unspecified atom stereocenters. The number of nitrogens with one attached hydrogen (secondary N) is 2. The molecular weight excluding hydrogens is 248 g/mol. The van der Waals surface area contributed by atoms with Crippen molar-refractivity contribution in [3.05, 3.63) is 0 Å². The Kier molecular flexibility index (Phi) is 4.67. The highest BCUT2D eigenvalue weighted by Gasteiger charge is 2.34. The minimum atomic E-state index is -3.08. The van der Waals surface area contributed by atoms with Gasteiger partial charge in [-0.3, -0.25) is 0 Å². The molecular formula is C13H26N2O2S. The van der Waals surface area contributed by atoms with Crippen LogP contribution >= 0.6 is 0 Å². The number of sulfonamides is 1. The smallest absolute Gasteiger partial charge is 0.211 e. The van der Waals surface area contributed by atoms with E-state index in [1.54, 1.807) is 0 Å². The largest absolute Gasteiger partial charge is 0.316 e. The zero-order valence-corrected chi connectivity index (χ0v) is 12.3. The summed E-state index contributed by atoms with van der Waals surface area (Å²) in [6.07, 6.45) is 3.92. The fourth-order valence-corrected chi connectivity index (χ4v) is 4.73. The molecule has 0 spiro atoms. The summed E-state index contributed by atoms with van der Waals surface area (Å²) in [4.78, 5) is 0. The average Bonchev–Trinajstić information content (AvgIpc) is 2.73. The van der Waals surface area contributed by atoms with Crippen LogP contribution in [0.2, 0.25) is 0 Å². The molecule has 1 heterocycles. The van der Waals surface area contributed by atoms with E-state index in [1.165, 1.54) is 0 Å². The monoisotopic (exact) mass is 274 g/mol. The SMILES string of the molecule is CC(C)CCS(=O)(=O)NC1CC[C@H]2CNC[C@H]2C1. The van der Waals surface area contributed by atoms with Gasteiger partial charge in [0.15, 0.2) is 0 Å². The Morgan fingerprint density at radius 1 is 1.22 bits per heavy atom. The summed E-state index contributed by atoms with van der Waals surface area (Å²) in [6, 6.07) is 0.170. The Bertz CT molecular complexity index is 367. The van der Waals surface area contributed by atoms with E-state index in [0.717, 1.165) is 44.7 Å². The molecule has 0 amide bonds. The lowest BCUT2D eigenvalue weighted by molar-refractivity contribution is 0.260. The van der Waals surface area contributed by atoms with Crippen LogP contribution in [-0.2, 0) is 10.0 Å². The Hall–Kier alpha value is -0.130. The standard InChI is InChI=1S/C13H26N2O2S/c1-10(2)5-6-18(16,17)15-13-4-3-11-8-14-9-12(11)7-13/h10-15H,3-9H2,1-2H3/t11-,12+,13?/m0/s1. The van der Waals surface area contributed by atoms with Crippen molar-refractivity contribution in [1.29, 1.82) is 0 Å². The molecule has 4 nitrogen and oxygen atoms in total. The van der Waals surface area contributed by atoms with E-state index < -0.39 is 10.0 Å². The van der Waals surface area contributed by atoms with Gasteiger partial charge in [-0.25, -0.2) is 13.1 Å². The number of hydrogen-bond donors (Lipinski definition) is 2. The van der Waals surface area contributed by atoms with Crippen LogP contribution in [0.1, 0.15) is 39.5 Å². The Morgan fingerprint density at radius 3 is 2.67 bits per heavy atom. The molecule has 0 aromatic rings. The molecule has 1 saturated carbocycles. The molecule has 18 heavy (non-hydrogen) atoms. The number of fused-ring (bicyclic) bond motifs is 1. The lowest BCUT2D eigenvalue weighted by Gasteiger charge is -2.31. The maximum absolute atomic E-state index is 12.0. The van der Waals surface area contributed by atoms with Gasteiger partial charge in [0.1, 0.15) is 0 Å². The molecule has 0 bridgehead atoms. The predicted octanol–water partition coefficient (Wildman–Crippen LogP) is 1.34. The highest BCUT2D eigenvalue weighted by atomic mass is 32.2. The van der Waals surface area contributed by atoms with Gasteiger partial charge in [0.2, 0.25) is 10.0 Å². The number of hydrogen-bond acceptors (Lipinski definition) is 3. The molecule has 106 valence electrons. The van der Waals surface area contributed by atoms with Crippen molar-refractivity contribution < 1.29 is 8.42 Å². The average molecular weight is 274 g/mol. The molecule has 5 heteroatoms. The van der Waals surface area contributed by atoms with Gasteiger partial charge < -0.3 is 5.32 Å². The second-order valence-corrected chi connectivity index (χ2v) is 8.18. The molecule has 0 aromatic carbocycles. The summed E-state index contributed by atoms with van der Waals surface area (Å²) in [7, 11) is -3.08. The van der Waals surface area contributed by atoms with Crippen molar-refractivity contribution in [3.8, 4) is 0 Å². The van der Waals surface area contributed by atoms with Crippen molar-refractivity contribution in [2.75, 3.05) is 18.8 Å². The van der Waals surface area contributed by atoms with E-state index in [0.29, 0.717) is 11.8 Å². The molecule has 2 aliphatic rings. The van der Waals surface area contributed by atoms with Gasteiger partial charge in [0.05, 0.1) is 5.75 Å². The van der Waals surface area contributed by atoms with Gasteiger partial charge in [0, 0.05) is 6.04 Å². The highest BCUT2D eigenvalue weighted by molar-refractivity contribution is 7.89. The van der Waals surface area contributed by atoms with E-state index in [9.17, 15) is 8.42 Å². The summed E-state index contributed by atoms with van der Waals surface area (Å²) in [5.74, 6) is 2.17.